The molecular formula is C68H132O6. The Morgan fingerprint density at radius 3 is 0.541 bits per heavy atom. The lowest BCUT2D eigenvalue weighted by Crippen LogP contribution is -2.30. The highest BCUT2D eigenvalue weighted by molar-refractivity contribution is 5.71. The zero-order valence-electron chi connectivity index (χ0n) is 50.7. The Morgan fingerprint density at radius 2 is 0.365 bits per heavy atom. The molecule has 0 aromatic rings. The summed E-state index contributed by atoms with van der Waals surface area (Å²) >= 11 is 0. The molecule has 0 N–H and O–H groups in total. The van der Waals surface area contributed by atoms with Crippen molar-refractivity contribution in [2.75, 3.05) is 13.2 Å². The molecule has 0 saturated heterocycles. The quantitative estimate of drug-likeness (QED) is 0.0343. The molecule has 0 spiro atoms. The van der Waals surface area contributed by atoms with Gasteiger partial charge in [-0.3, -0.25) is 14.4 Å². The van der Waals surface area contributed by atoms with E-state index in [4.69, 9.17) is 14.2 Å². The molecule has 6 heteroatoms. The van der Waals surface area contributed by atoms with Crippen LogP contribution in [0, 0.1) is 0 Å². The maximum Gasteiger partial charge on any atom is 0.306 e. The van der Waals surface area contributed by atoms with Crippen molar-refractivity contribution in [3.05, 3.63) is 0 Å². The Kier molecular flexibility index (Phi) is 62.6. The van der Waals surface area contributed by atoms with E-state index in [2.05, 4.69) is 20.8 Å². The third kappa shape index (κ3) is 61.3. The Balaban J connectivity index is 4.22. The number of rotatable bonds is 64. The highest BCUT2D eigenvalue weighted by Gasteiger charge is 2.19. The fourth-order valence-corrected chi connectivity index (χ4v) is 10.7. The van der Waals surface area contributed by atoms with Crippen molar-refractivity contribution in [2.24, 2.45) is 0 Å². The van der Waals surface area contributed by atoms with Crippen molar-refractivity contribution in [1.82, 2.24) is 0 Å². The van der Waals surface area contributed by atoms with Crippen LogP contribution in [-0.2, 0) is 28.6 Å². The van der Waals surface area contributed by atoms with Crippen molar-refractivity contribution in [1.29, 1.82) is 0 Å². The fourth-order valence-electron chi connectivity index (χ4n) is 10.7. The molecule has 0 saturated carbocycles. The average Bonchev–Trinajstić information content (AvgIpc) is 3.40. The minimum Gasteiger partial charge on any atom is -0.462 e. The molecule has 0 heterocycles. The fraction of sp³-hybridized carbons (Fsp3) is 0.956. The predicted molar refractivity (Wildman–Crippen MR) is 321 cm³/mol. The van der Waals surface area contributed by atoms with Crippen molar-refractivity contribution < 1.29 is 28.6 Å². The van der Waals surface area contributed by atoms with E-state index in [1.165, 1.54) is 302 Å². The summed E-state index contributed by atoms with van der Waals surface area (Å²) in [6, 6.07) is 0. The first kappa shape index (κ1) is 72.4. The Morgan fingerprint density at radius 1 is 0.216 bits per heavy atom. The number of hydrogen-bond acceptors (Lipinski definition) is 6. The van der Waals surface area contributed by atoms with Gasteiger partial charge in [-0.25, -0.2) is 0 Å². The van der Waals surface area contributed by atoms with Crippen LogP contribution in [0.15, 0.2) is 0 Å². The number of esters is 3. The summed E-state index contributed by atoms with van der Waals surface area (Å²) < 4.78 is 17.0. The standard InChI is InChI=1S/C68H132O6/c1-4-7-10-13-16-19-22-25-28-30-31-32-33-34-35-36-38-40-43-46-49-52-55-58-61-67(70)73-64-65(63-72-66(69)60-57-54-51-48-45-42-39-27-24-21-18-15-12-9-6-3)74-68(71)62-59-56-53-50-47-44-41-37-29-26-23-20-17-14-11-8-5-2/h65H,4-64H2,1-3H3. The molecule has 0 aliphatic carbocycles. The van der Waals surface area contributed by atoms with Gasteiger partial charge in [0.05, 0.1) is 0 Å². The van der Waals surface area contributed by atoms with Crippen molar-refractivity contribution >= 4 is 17.9 Å². The van der Waals surface area contributed by atoms with Crippen molar-refractivity contribution in [3.8, 4) is 0 Å². The number of hydrogen-bond donors (Lipinski definition) is 0. The second-order valence-corrected chi connectivity index (χ2v) is 23.5. The summed E-state index contributed by atoms with van der Waals surface area (Å²) in [6.45, 7) is 6.74. The van der Waals surface area contributed by atoms with Crippen LogP contribution in [-0.4, -0.2) is 37.2 Å². The molecule has 74 heavy (non-hydrogen) atoms. The summed E-state index contributed by atoms with van der Waals surface area (Å²) in [5.74, 6) is -0.821. The molecule has 6 nitrogen and oxygen atoms in total. The first-order valence-corrected chi connectivity index (χ1v) is 34.0. The SMILES string of the molecule is CCCCCCCCCCCCCCCCCCCCCCCCCCC(=O)OCC(COC(=O)CCCCCCCCCCCCCCCCC)OC(=O)CCCCCCCCCCCCCCCCCCC. The topological polar surface area (TPSA) is 78.9 Å². The highest BCUT2D eigenvalue weighted by Crippen LogP contribution is 2.19. The molecule has 1 atom stereocenters. The van der Waals surface area contributed by atoms with E-state index in [1.807, 2.05) is 0 Å². The van der Waals surface area contributed by atoms with Crippen LogP contribution in [0.2, 0.25) is 0 Å². The number of ether oxygens (including phenoxy) is 3. The lowest BCUT2D eigenvalue weighted by atomic mass is 10.0. The minimum atomic E-state index is -0.763. The van der Waals surface area contributed by atoms with E-state index in [1.54, 1.807) is 0 Å². The molecule has 1 unspecified atom stereocenters. The summed E-state index contributed by atoms with van der Waals surface area (Å²) in [4.78, 5) is 38.4. The summed E-state index contributed by atoms with van der Waals surface area (Å²) in [7, 11) is 0. The molecule has 440 valence electrons. The Labute approximate surface area is 463 Å². The molecular weight excluding hydrogens is 913 g/mol. The van der Waals surface area contributed by atoms with E-state index in [0.29, 0.717) is 19.3 Å². The zero-order chi connectivity index (χ0) is 53.6. The smallest absolute Gasteiger partial charge is 0.306 e. The monoisotopic (exact) mass is 1050 g/mol. The van der Waals surface area contributed by atoms with E-state index < -0.39 is 6.10 Å². The number of carbonyl (C=O) groups excluding carboxylic acids is 3. The van der Waals surface area contributed by atoms with E-state index in [-0.39, 0.29) is 31.1 Å². The largest absolute Gasteiger partial charge is 0.462 e. The van der Waals surface area contributed by atoms with Gasteiger partial charge in [0.15, 0.2) is 6.10 Å². The van der Waals surface area contributed by atoms with Crippen LogP contribution >= 0.6 is 0 Å². The predicted octanol–water partition coefficient (Wildman–Crippen LogP) is 23.1. The first-order chi connectivity index (χ1) is 36.5. The highest BCUT2D eigenvalue weighted by atomic mass is 16.6. The van der Waals surface area contributed by atoms with Gasteiger partial charge in [0.2, 0.25) is 0 Å². The van der Waals surface area contributed by atoms with Crippen LogP contribution in [0.5, 0.6) is 0 Å². The Hall–Kier alpha value is -1.59. The van der Waals surface area contributed by atoms with Crippen LogP contribution in [0.25, 0.3) is 0 Å². The lowest BCUT2D eigenvalue weighted by Gasteiger charge is -2.18. The maximum atomic E-state index is 12.9. The molecule has 0 bridgehead atoms. The van der Waals surface area contributed by atoms with Gasteiger partial charge >= 0.3 is 17.9 Å². The van der Waals surface area contributed by atoms with Gasteiger partial charge in [0.25, 0.3) is 0 Å². The van der Waals surface area contributed by atoms with Crippen molar-refractivity contribution in [3.63, 3.8) is 0 Å². The molecule has 0 aromatic carbocycles. The Bertz CT molecular complexity index is 1110. The summed E-state index contributed by atoms with van der Waals surface area (Å²) in [5, 5.41) is 0. The van der Waals surface area contributed by atoms with Gasteiger partial charge in [-0.05, 0) is 19.3 Å². The van der Waals surface area contributed by atoms with Gasteiger partial charge < -0.3 is 14.2 Å². The second-order valence-electron chi connectivity index (χ2n) is 23.5. The number of carbonyl (C=O) groups is 3. The van der Waals surface area contributed by atoms with E-state index in [0.717, 1.165) is 57.8 Å². The first-order valence-electron chi connectivity index (χ1n) is 34.0. The van der Waals surface area contributed by atoms with Crippen LogP contribution in [0.1, 0.15) is 400 Å². The minimum absolute atomic E-state index is 0.0603. The molecule has 0 amide bonds. The third-order valence-electron chi connectivity index (χ3n) is 15.9. The lowest BCUT2D eigenvalue weighted by molar-refractivity contribution is -0.167. The molecule has 0 radical (unpaired) electrons. The van der Waals surface area contributed by atoms with E-state index >= 15 is 0 Å². The van der Waals surface area contributed by atoms with Crippen LogP contribution in [0.3, 0.4) is 0 Å². The van der Waals surface area contributed by atoms with Gasteiger partial charge in [-0.15, -0.1) is 0 Å². The van der Waals surface area contributed by atoms with Crippen LogP contribution in [0.4, 0.5) is 0 Å². The van der Waals surface area contributed by atoms with Crippen LogP contribution < -0.4 is 0 Å². The summed E-state index contributed by atoms with van der Waals surface area (Å²) in [6.07, 6.45) is 74.1. The van der Waals surface area contributed by atoms with Gasteiger partial charge in [0, 0.05) is 19.3 Å². The molecule has 0 rings (SSSR count). The molecule has 0 fully saturated rings. The molecule has 0 aromatic heterocycles. The normalized spacial score (nSPS) is 11.9. The third-order valence-corrected chi connectivity index (χ3v) is 15.9. The van der Waals surface area contributed by atoms with Gasteiger partial charge in [0.1, 0.15) is 13.2 Å². The maximum absolute atomic E-state index is 12.9. The van der Waals surface area contributed by atoms with E-state index in [9.17, 15) is 14.4 Å². The van der Waals surface area contributed by atoms with Gasteiger partial charge in [-0.2, -0.15) is 0 Å². The second kappa shape index (κ2) is 63.9. The average molecular weight is 1050 g/mol. The van der Waals surface area contributed by atoms with Gasteiger partial charge in [-0.1, -0.05) is 361 Å². The molecule has 0 aliphatic rings. The summed E-state index contributed by atoms with van der Waals surface area (Å²) in [5.41, 5.74) is 0. The van der Waals surface area contributed by atoms with Crippen molar-refractivity contribution in [2.45, 2.75) is 406 Å². The number of unbranched alkanes of at least 4 members (excludes halogenated alkanes) is 53. The molecule has 0 aliphatic heterocycles. The zero-order valence-corrected chi connectivity index (χ0v) is 50.7.